The normalized spacial score (nSPS) is 20.1. The van der Waals surface area contributed by atoms with Gasteiger partial charge < -0.3 is 5.32 Å². The maximum absolute atomic E-state index is 9.00. The van der Waals surface area contributed by atoms with E-state index in [-0.39, 0.29) is 0 Å². The molecule has 84 valence electrons. The van der Waals surface area contributed by atoms with Crippen LogP contribution in [-0.2, 0) is 0 Å². The fourth-order valence-electron chi connectivity index (χ4n) is 1.80. The minimum Gasteiger partial charge on any atom is -0.365 e. The fraction of sp³-hybridized carbons (Fsp3) is 0.500. The van der Waals surface area contributed by atoms with Crippen LogP contribution < -0.4 is 5.32 Å². The van der Waals surface area contributed by atoms with Gasteiger partial charge in [0.2, 0.25) is 0 Å². The number of rotatable bonds is 2. The average Bonchev–Trinajstić information content (AvgIpc) is 2.31. The number of aromatic nitrogens is 1. The first kappa shape index (κ1) is 11.3. The van der Waals surface area contributed by atoms with Crippen LogP contribution in [0.3, 0.4) is 0 Å². The van der Waals surface area contributed by atoms with Gasteiger partial charge >= 0.3 is 0 Å². The average molecular weight is 233 g/mol. The summed E-state index contributed by atoms with van der Waals surface area (Å²) < 4.78 is 0. The lowest BCUT2D eigenvalue weighted by molar-refractivity contribution is 0.682. The Hall–Kier alpha value is -1.21. The number of nitrogens with one attached hydrogen (secondary N) is 1. The molecule has 1 aliphatic heterocycles. The monoisotopic (exact) mass is 233 g/mol. The van der Waals surface area contributed by atoms with Crippen LogP contribution in [0.25, 0.3) is 0 Å². The number of aryl methyl sites for hydroxylation is 1. The highest BCUT2D eigenvalue weighted by Crippen LogP contribution is 2.21. The van der Waals surface area contributed by atoms with Crippen molar-refractivity contribution in [2.24, 2.45) is 0 Å². The minimum atomic E-state index is 0.458. The minimum absolute atomic E-state index is 0.458. The van der Waals surface area contributed by atoms with Gasteiger partial charge in [-0.3, -0.25) is 0 Å². The summed E-state index contributed by atoms with van der Waals surface area (Å²) in [7, 11) is 0. The van der Waals surface area contributed by atoms with E-state index in [0.717, 1.165) is 17.3 Å². The molecular weight excluding hydrogens is 218 g/mol. The Kier molecular flexibility index (Phi) is 3.68. The van der Waals surface area contributed by atoms with E-state index in [0.29, 0.717) is 11.6 Å². The predicted molar refractivity (Wildman–Crippen MR) is 67.7 cm³/mol. The van der Waals surface area contributed by atoms with Gasteiger partial charge in [0.1, 0.15) is 11.9 Å². The first-order valence-corrected chi connectivity index (χ1v) is 6.67. The molecule has 0 spiro atoms. The van der Waals surface area contributed by atoms with Gasteiger partial charge in [0, 0.05) is 17.5 Å². The molecular formula is C12H15N3S. The molecule has 1 N–H and O–H groups in total. The Balaban J connectivity index is 2.13. The molecule has 1 aliphatic rings. The number of nitriles is 1. The lowest BCUT2D eigenvalue weighted by Crippen LogP contribution is -2.26. The third-order valence-electron chi connectivity index (χ3n) is 2.66. The topological polar surface area (TPSA) is 48.7 Å². The standard InChI is InChI=1S/C12H15N3S/c1-9-4-5-10(7-13)12(14-9)15-11-3-2-6-16-8-11/h4-5,11H,2-3,6,8H2,1H3,(H,14,15). The molecule has 1 aromatic rings. The van der Waals surface area contributed by atoms with Crippen molar-refractivity contribution in [3.8, 4) is 6.07 Å². The Morgan fingerprint density at radius 3 is 3.12 bits per heavy atom. The SMILES string of the molecule is Cc1ccc(C#N)c(NC2CCCSC2)n1. The lowest BCUT2D eigenvalue weighted by atomic mass is 10.1. The van der Waals surface area contributed by atoms with Crippen molar-refractivity contribution in [1.82, 2.24) is 4.98 Å². The molecule has 1 atom stereocenters. The quantitative estimate of drug-likeness (QED) is 0.853. The molecule has 0 aromatic carbocycles. The van der Waals surface area contributed by atoms with Crippen LogP contribution in [0.1, 0.15) is 24.1 Å². The number of pyridine rings is 1. The van der Waals surface area contributed by atoms with E-state index in [2.05, 4.69) is 16.4 Å². The van der Waals surface area contributed by atoms with E-state index in [1.54, 1.807) is 0 Å². The summed E-state index contributed by atoms with van der Waals surface area (Å²) in [5.74, 6) is 3.11. The fourth-order valence-corrected chi connectivity index (χ4v) is 2.88. The van der Waals surface area contributed by atoms with Crippen molar-refractivity contribution < 1.29 is 0 Å². The zero-order valence-corrected chi connectivity index (χ0v) is 10.2. The molecule has 1 saturated heterocycles. The van der Waals surface area contributed by atoms with Gasteiger partial charge in [0.25, 0.3) is 0 Å². The predicted octanol–water partition coefficient (Wildman–Crippen LogP) is 2.57. The summed E-state index contributed by atoms with van der Waals surface area (Å²) >= 11 is 1.97. The van der Waals surface area contributed by atoms with E-state index < -0.39 is 0 Å². The van der Waals surface area contributed by atoms with Gasteiger partial charge in [-0.05, 0) is 37.7 Å². The van der Waals surface area contributed by atoms with E-state index >= 15 is 0 Å². The van der Waals surface area contributed by atoms with Crippen LogP contribution in [0.4, 0.5) is 5.82 Å². The van der Waals surface area contributed by atoms with Crippen LogP contribution in [-0.4, -0.2) is 22.5 Å². The molecule has 1 fully saturated rings. The molecule has 0 saturated carbocycles. The molecule has 1 unspecified atom stereocenters. The van der Waals surface area contributed by atoms with Gasteiger partial charge in [0.15, 0.2) is 0 Å². The van der Waals surface area contributed by atoms with Crippen LogP contribution in [0.2, 0.25) is 0 Å². The van der Waals surface area contributed by atoms with Gasteiger partial charge in [0.05, 0.1) is 5.56 Å². The summed E-state index contributed by atoms with van der Waals surface area (Å²) in [5, 5.41) is 12.4. The molecule has 2 heterocycles. The molecule has 0 amide bonds. The maximum atomic E-state index is 9.00. The first-order chi connectivity index (χ1) is 7.79. The van der Waals surface area contributed by atoms with Crippen molar-refractivity contribution in [2.45, 2.75) is 25.8 Å². The highest BCUT2D eigenvalue weighted by molar-refractivity contribution is 7.99. The summed E-state index contributed by atoms with van der Waals surface area (Å²) in [5.41, 5.74) is 1.59. The van der Waals surface area contributed by atoms with Crippen molar-refractivity contribution in [1.29, 1.82) is 5.26 Å². The van der Waals surface area contributed by atoms with E-state index in [4.69, 9.17) is 5.26 Å². The molecule has 0 bridgehead atoms. The molecule has 16 heavy (non-hydrogen) atoms. The first-order valence-electron chi connectivity index (χ1n) is 5.51. The summed E-state index contributed by atoms with van der Waals surface area (Å²) in [6.07, 6.45) is 2.42. The number of thioether (sulfide) groups is 1. The van der Waals surface area contributed by atoms with Crippen molar-refractivity contribution in [3.05, 3.63) is 23.4 Å². The van der Waals surface area contributed by atoms with Crippen LogP contribution in [0.15, 0.2) is 12.1 Å². The Morgan fingerprint density at radius 2 is 2.44 bits per heavy atom. The zero-order chi connectivity index (χ0) is 11.4. The van der Waals surface area contributed by atoms with Crippen molar-refractivity contribution in [3.63, 3.8) is 0 Å². The largest absolute Gasteiger partial charge is 0.365 e. The number of hydrogen-bond donors (Lipinski definition) is 1. The summed E-state index contributed by atoms with van der Waals surface area (Å²) in [6, 6.07) is 6.35. The second kappa shape index (κ2) is 5.22. The molecule has 0 aliphatic carbocycles. The Bertz CT molecular complexity index is 405. The van der Waals surface area contributed by atoms with Crippen molar-refractivity contribution in [2.75, 3.05) is 16.8 Å². The van der Waals surface area contributed by atoms with Gasteiger partial charge in [-0.1, -0.05) is 0 Å². The lowest BCUT2D eigenvalue weighted by Gasteiger charge is -2.23. The van der Waals surface area contributed by atoms with Gasteiger partial charge in [-0.25, -0.2) is 4.98 Å². The summed E-state index contributed by atoms with van der Waals surface area (Å²) in [6.45, 7) is 1.95. The van der Waals surface area contributed by atoms with Crippen molar-refractivity contribution >= 4 is 17.6 Å². The molecule has 0 radical (unpaired) electrons. The van der Waals surface area contributed by atoms with E-state index in [1.165, 1.54) is 18.6 Å². The highest BCUT2D eigenvalue weighted by Gasteiger charge is 2.15. The van der Waals surface area contributed by atoms with Gasteiger partial charge in [-0.15, -0.1) is 0 Å². The second-order valence-corrected chi connectivity index (χ2v) is 5.17. The Labute approximate surface area is 100 Å². The number of anilines is 1. The smallest absolute Gasteiger partial charge is 0.144 e. The molecule has 2 rings (SSSR count). The van der Waals surface area contributed by atoms with Crippen LogP contribution >= 0.6 is 11.8 Å². The van der Waals surface area contributed by atoms with E-state index in [1.807, 2.05) is 30.8 Å². The maximum Gasteiger partial charge on any atom is 0.144 e. The number of nitrogens with zero attached hydrogens (tertiary/aromatic N) is 2. The van der Waals surface area contributed by atoms with Gasteiger partial charge in [-0.2, -0.15) is 17.0 Å². The highest BCUT2D eigenvalue weighted by atomic mass is 32.2. The number of hydrogen-bond acceptors (Lipinski definition) is 4. The third-order valence-corrected chi connectivity index (χ3v) is 3.87. The molecule has 4 heteroatoms. The molecule has 3 nitrogen and oxygen atoms in total. The Morgan fingerprint density at radius 1 is 1.56 bits per heavy atom. The third kappa shape index (κ3) is 2.67. The second-order valence-electron chi connectivity index (χ2n) is 4.02. The zero-order valence-electron chi connectivity index (χ0n) is 9.36. The van der Waals surface area contributed by atoms with Crippen LogP contribution in [0, 0.1) is 18.3 Å². The molecule has 1 aromatic heterocycles. The van der Waals surface area contributed by atoms with E-state index in [9.17, 15) is 0 Å². The van der Waals surface area contributed by atoms with Crippen LogP contribution in [0.5, 0.6) is 0 Å². The summed E-state index contributed by atoms with van der Waals surface area (Å²) in [4.78, 5) is 4.40.